The zero-order valence-corrected chi connectivity index (χ0v) is 16.2. The van der Waals surface area contributed by atoms with Crippen LogP contribution in [-0.2, 0) is 11.2 Å². The van der Waals surface area contributed by atoms with Crippen molar-refractivity contribution in [1.29, 1.82) is 0 Å². The summed E-state index contributed by atoms with van der Waals surface area (Å²) in [5, 5.41) is 12.9. The second-order valence-electron chi connectivity index (χ2n) is 7.66. The van der Waals surface area contributed by atoms with Crippen molar-refractivity contribution in [3.63, 3.8) is 0 Å². The van der Waals surface area contributed by atoms with Gasteiger partial charge in [0.05, 0.1) is 6.04 Å². The number of rotatable bonds is 5. The molecule has 0 bridgehead atoms. The Kier molecular flexibility index (Phi) is 4.48. The van der Waals surface area contributed by atoms with Crippen LogP contribution in [0.15, 0.2) is 52.9 Å². The molecule has 1 atom stereocenters. The number of aromatic nitrogens is 3. The van der Waals surface area contributed by atoms with Crippen LogP contribution < -0.4 is 5.32 Å². The van der Waals surface area contributed by atoms with Crippen LogP contribution in [0.5, 0.6) is 0 Å². The number of fused-ring (bicyclic) bond motifs is 1. The molecule has 0 radical (unpaired) electrons. The van der Waals surface area contributed by atoms with Crippen LogP contribution in [0.3, 0.4) is 0 Å². The van der Waals surface area contributed by atoms with E-state index in [1.807, 2.05) is 36.4 Å². The number of H-pyrrole nitrogens is 1. The molecule has 0 spiro atoms. The van der Waals surface area contributed by atoms with Crippen molar-refractivity contribution in [1.82, 2.24) is 20.5 Å². The summed E-state index contributed by atoms with van der Waals surface area (Å²) in [6.45, 7) is 2.61. The standard InChI is InChI=1S/C23H22N4O2/c1-14(28)11-15-4-6-16(7-5-15)21-13-18-12-17(8-9-19(18)25-21)22-26-27-23(29-22)20-3-2-10-24-20/h4-9,12-13,20,24-25H,2-3,10-11H2,1H3/t20-/m0/s1. The summed E-state index contributed by atoms with van der Waals surface area (Å²) in [6.07, 6.45) is 2.64. The maximum Gasteiger partial charge on any atom is 0.247 e. The predicted molar refractivity (Wildman–Crippen MR) is 111 cm³/mol. The quantitative estimate of drug-likeness (QED) is 0.530. The third kappa shape index (κ3) is 3.59. The monoisotopic (exact) mass is 386 g/mol. The molecule has 3 heterocycles. The van der Waals surface area contributed by atoms with Gasteiger partial charge in [0, 0.05) is 28.6 Å². The van der Waals surface area contributed by atoms with Crippen LogP contribution in [0.2, 0.25) is 0 Å². The zero-order valence-electron chi connectivity index (χ0n) is 16.2. The normalized spacial score (nSPS) is 16.5. The summed E-state index contributed by atoms with van der Waals surface area (Å²) >= 11 is 0. The Morgan fingerprint density at radius 2 is 1.93 bits per heavy atom. The first kappa shape index (κ1) is 17.8. The van der Waals surface area contributed by atoms with Gasteiger partial charge >= 0.3 is 0 Å². The van der Waals surface area contributed by atoms with E-state index in [-0.39, 0.29) is 11.8 Å². The number of carbonyl (C=O) groups excluding carboxylic acids is 1. The number of hydrogen-bond donors (Lipinski definition) is 2. The summed E-state index contributed by atoms with van der Waals surface area (Å²) in [7, 11) is 0. The van der Waals surface area contributed by atoms with Crippen LogP contribution in [0, 0.1) is 0 Å². The van der Waals surface area contributed by atoms with Crippen LogP contribution >= 0.6 is 0 Å². The first-order valence-electron chi connectivity index (χ1n) is 9.94. The Morgan fingerprint density at radius 1 is 1.10 bits per heavy atom. The van der Waals surface area contributed by atoms with Gasteiger partial charge in [0.1, 0.15) is 5.78 Å². The van der Waals surface area contributed by atoms with Gasteiger partial charge in [0.15, 0.2) is 0 Å². The number of nitrogens with zero attached hydrogens (tertiary/aromatic N) is 2. The maximum atomic E-state index is 11.3. The van der Waals surface area contributed by atoms with E-state index in [9.17, 15) is 4.79 Å². The van der Waals surface area contributed by atoms with Crippen molar-refractivity contribution in [3.8, 4) is 22.7 Å². The Balaban J connectivity index is 1.42. The van der Waals surface area contributed by atoms with Gasteiger partial charge in [-0.15, -0.1) is 10.2 Å². The third-order valence-electron chi connectivity index (χ3n) is 5.38. The van der Waals surface area contributed by atoms with Crippen molar-refractivity contribution < 1.29 is 9.21 Å². The maximum absolute atomic E-state index is 11.3. The minimum Gasteiger partial charge on any atom is -0.419 e. The van der Waals surface area contributed by atoms with E-state index in [1.165, 1.54) is 0 Å². The number of hydrogen-bond acceptors (Lipinski definition) is 5. The second kappa shape index (κ2) is 7.29. The van der Waals surface area contributed by atoms with Gasteiger partial charge in [-0.3, -0.25) is 4.79 Å². The first-order chi connectivity index (χ1) is 14.2. The molecule has 2 aromatic heterocycles. The van der Waals surface area contributed by atoms with Crippen molar-refractivity contribution in [2.24, 2.45) is 0 Å². The number of nitrogens with one attached hydrogen (secondary N) is 2. The molecule has 29 heavy (non-hydrogen) atoms. The van der Waals surface area contributed by atoms with E-state index in [0.29, 0.717) is 18.2 Å². The van der Waals surface area contributed by atoms with Gasteiger partial charge < -0.3 is 14.7 Å². The Labute approximate surface area is 168 Å². The van der Waals surface area contributed by atoms with Gasteiger partial charge in [-0.25, -0.2) is 0 Å². The predicted octanol–water partition coefficient (Wildman–Crippen LogP) is 4.44. The first-order valence-corrected chi connectivity index (χ1v) is 9.94. The molecule has 2 aromatic carbocycles. The van der Waals surface area contributed by atoms with Gasteiger partial charge in [-0.05, 0) is 61.7 Å². The molecule has 0 unspecified atom stereocenters. The third-order valence-corrected chi connectivity index (χ3v) is 5.38. The van der Waals surface area contributed by atoms with Gasteiger partial charge in [0.2, 0.25) is 11.8 Å². The van der Waals surface area contributed by atoms with E-state index >= 15 is 0 Å². The lowest BCUT2D eigenvalue weighted by Gasteiger charge is -2.02. The summed E-state index contributed by atoms with van der Waals surface area (Å²) in [5.74, 6) is 1.38. The average Bonchev–Trinajstić information content (AvgIpc) is 3.46. The summed E-state index contributed by atoms with van der Waals surface area (Å²) in [5.41, 5.74) is 5.12. The molecule has 0 amide bonds. The zero-order chi connectivity index (χ0) is 19.8. The van der Waals surface area contributed by atoms with Gasteiger partial charge in [-0.2, -0.15) is 0 Å². The van der Waals surface area contributed by atoms with Crippen LogP contribution in [0.25, 0.3) is 33.6 Å². The number of Topliss-reactive ketones (excluding diaryl/α,β-unsaturated/α-hetero) is 1. The number of carbonyl (C=O) groups is 1. The lowest BCUT2D eigenvalue weighted by atomic mass is 10.1. The van der Waals surface area contributed by atoms with E-state index in [0.717, 1.165) is 52.7 Å². The molecule has 4 aromatic rings. The Bertz CT molecular complexity index is 1170. The minimum absolute atomic E-state index is 0.170. The molecule has 6 nitrogen and oxygen atoms in total. The Morgan fingerprint density at radius 3 is 2.69 bits per heavy atom. The SMILES string of the molecule is CC(=O)Cc1ccc(-c2cc3cc(-c4nnc([C@@H]5CCCN5)o4)ccc3[nH]2)cc1. The lowest BCUT2D eigenvalue weighted by Crippen LogP contribution is -2.12. The average molecular weight is 386 g/mol. The van der Waals surface area contributed by atoms with E-state index in [4.69, 9.17) is 4.42 Å². The molecular weight excluding hydrogens is 364 g/mol. The Hall–Kier alpha value is -3.25. The molecule has 5 rings (SSSR count). The van der Waals surface area contributed by atoms with Crippen LogP contribution in [-0.4, -0.2) is 27.5 Å². The van der Waals surface area contributed by atoms with Crippen molar-refractivity contribution in [2.75, 3.05) is 6.54 Å². The molecule has 1 fully saturated rings. The highest BCUT2D eigenvalue weighted by Crippen LogP contribution is 2.30. The molecule has 0 aliphatic carbocycles. The summed E-state index contributed by atoms with van der Waals surface area (Å²) < 4.78 is 5.92. The lowest BCUT2D eigenvalue weighted by molar-refractivity contribution is -0.116. The molecule has 146 valence electrons. The van der Waals surface area contributed by atoms with Crippen molar-refractivity contribution >= 4 is 16.7 Å². The fourth-order valence-electron chi connectivity index (χ4n) is 3.90. The van der Waals surface area contributed by atoms with E-state index < -0.39 is 0 Å². The highest BCUT2D eigenvalue weighted by molar-refractivity contribution is 5.89. The van der Waals surface area contributed by atoms with Crippen LogP contribution in [0.1, 0.15) is 37.3 Å². The minimum atomic E-state index is 0.170. The molecule has 2 N–H and O–H groups in total. The molecule has 1 aliphatic rings. The fraction of sp³-hybridized carbons (Fsp3) is 0.261. The fourth-order valence-corrected chi connectivity index (χ4v) is 3.90. The van der Waals surface area contributed by atoms with E-state index in [1.54, 1.807) is 6.92 Å². The number of benzene rings is 2. The molecule has 6 heteroatoms. The number of aromatic amines is 1. The molecule has 1 saturated heterocycles. The summed E-state index contributed by atoms with van der Waals surface area (Å²) in [4.78, 5) is 14.7. The van der Waals surface area contributed by atoms with Crippen molar-refractivity contribution in [2.45, 2.75) is 32.2 Å². The molecule has 0 saturated carbocycles. The largest absolute Gasteiger partial charge is 0.419 e. The number of ketones is 1. The highest BCUT2D eigenvalue weighted by atomic mass is 16.4. The van der Waals surface area contributed by atoms with Crippen LogP contribution in [0.4, 0.5) is 0 Å². The van der Waals surface area contributed by atoms with E-state index in [2.05, 4.69) is 32.6 Å². The van der Waals surface area contributed by atoms with Crippen molar-refractivity contribution in [3.05, 3.63) is 60.0 Å². The molecule has 1 aliphatic heterocycles. The smallest absolute Gasteiger partial charge is 0.247 e. The topological polar surface area (TPSA) is 83.8 Å². The summed E-state index contributed by atoms with van der Waals surface area (Å²) in [6, 6.07) is 16.5. The molecular formula is C23H22N4O2. The van der Waals surface area contributed by atoms with Gasteiger partial charge in [-0.1, -0.05) is 24.3 Å². The second-order valence-corrected chi connectivity index (χ2v) is 7.66. The highest BCUT2D eigenvalue weighted by Gasteiger charge is 2.22. The van der Waals surface area contributed by atoms with Gasteiger partial charge in [0.25, 0.3) is 0 Å².